The second-order valence-corrected chi connectivity index (χ2v) is 5.27. The maximum absolute atomic E-state index is 2.33. The van der Waals surface area contributed by atoms with Crippen molar-refractivity contribution < 1.29 is 2.85 Å². The van der Waals surface area contributed by atoms with Crippen LogP contribution in [0.1, 0.15) is 87.3 Å². The zero-order valence-corrected chi connectivity index (χ0v) is 12.4. The van der Waals surface area contributed by atoms with Crippen LogP contribution in [0.3, 0.4) is 0 Å². The average Bonchev–Trinajstić information content (AvgIpc) is 2.25. The fraction of sp³-hybridized carbons (Fsp3) is 1.00. The van der Waals surface area contributed by atoms with Crippen LogP contribution in [-0.2, 0) is 0 Å². The van der Waals surface area contributed by atoms with Crippen LogP contribution in [0.4, 0.5) is 0 Å². The minimum absolute atomic E-state index is 0. The van der Waals surface area contributed by atoms with Crippen LogP contribution in [-0.4, -0.2) is 23.1 Å². The van der Waals surface area contributed by atoms with E-state index in [1.165, 1.54) is 70.6 Å². The molecule has 0 aliphatic heterocycles. The molecule has 0 heterocycles. The minimum Gasteiger partial charge on any atom is -1.00 e. The molecule has 1 heteroatoms. The normalized spacial score (nSPS) is 19.6. The van der Waals surface area contributed by atoms with Crippen LogP contribution >= 0.6 is 0 Å². The summed E-state index contributed by atoms with van der Waals surface area (Å²) in [5.74, 6) is 0. The molecule has 0 atom stereocenters. The average molecular weight is 223 g/mol. The molecule has 0 nitrogen and oxygen atoms in total. The van der Waals surface area contributed by atoms with Crippen LogP contribution in [0, 0.1) is 5.41 Å². The Labute approximate surface area is 116 Å². The Balaban J connectivity index is -0.000000653. The molecule has 1 fully saturated rings. The third-order valence-electron chi connectivity index (χ3n) is 4.04. The largest absolute Gasteiger partial charge is 2.00 e. The molecule has 0 bridgehead atoms. The van der Waals surface area contributed by atoms with Gasteiger partial charge >= 0.3 is 23.1 Å². The molecule has 0 aromatic rings. The monoisotopic (exact) mass is 222 g/mol. The van der Waals surface area contributed by atoms with Gasteiger partial charge in [-0.1, -0.05) is 58.8 Å². The van der Waals surface area contributed by atoms with Crippen LogP contribution in [0.5, 0.6) is 0 Å². The first-order chi connectivity index (χ1) is 6.83. The summed E-state index contributed by atoms with van der Waals surface area (Å²) < 4.78 is 0. The van der Waals surface area contributed by atoms with E-state index in [0.717, 1.165) is 5.41 Å². The SMILES string of the molecule is CCCCC1(CCCC)CCCCC1.[H-].[H-].[Mg+2]. The number of hydrogen-bond donors (Lipinski definition) is 0. The van der Waals surface area contributed by atoms with Gasteiger partial charge in [0, 0.05) is 0 Å². The smallest absolute Gasteiger partial charge is 1.00 e. The van der Waals surface area contributed by atoms with Gasteiger partial charge in [0.15, 0.2) is 0 Å². The summed E-state index contributed by atoms with van der Waals surface area (Å²) in [6.07, 6.45) is 16.3. The summed E-state index contributed by atoms with van der Waals surface area (Å²) in [6.45, 7) is 4.66. The molecule has 1 aliphatic rings. The number of unbranched alkanes of at least 4 members (excludes halogenated alkanes) is 2. The van der Waals surface area contributed by atoms with Gasteiger partial charge in [-0.2, -0.15) is 0 Å². The summed E-state index contributed by atoms with van der Waals surface area (Å²) in [6, 6.07) is 0. The number of rotatable bonds is 6. The van der Waals surface area contributed by atoms with E-state index in [1.807, 2.05) is 0 Å². The molecule has 15 heavy (non-hydrogen) atoms. The molecule has 1 rings (SSSR count). The molecule has 0 aromatic carbocycles. The summed E-state index contributed by atoms with van der Waals surface area (Å²) in [7, 11) is 0. The molecular formula is C14H30Mg. The van der Waals surface area contributed by atoms with Crippen molar-refractivity contribution in [2.24, 2.45) is 5.41 Å². The Hall–Kier alpha value is 0.766. The predicted octanol–water partition coefficient (Wildman–Crippen LogP) is 5.16. The zero-order valence-electron chi connectivity index (χ0n) is 13.0. The standard InChI is InChI=1S/C14H28.Mg.2H/c1-3-5-10-14(11-6-4-2)12-8-7-9-13-14;;;/h3-13H2,1-2H3;;;/q;+2;2*-1. The van der Waals surface area contributed by atoms with Crippen molar-refractivity contribution in [3.63, 3.8) is 0 Å². The van der Waals surface area contributed by atoms with E-state index < -0.39 is 0 Å². The third kappa shape index (κ3) is 5.58. The van der Waals surface area contributed by atoms with Crippen LogP contribution in [0.25, 0.3) is 0 Å². The predicted molar refractivity (Wildman–Crippen MR) is 72.5 cm³/mol. The van der Waals surface area contributed by atoms with Crippen molar-refractivity contribution in [2.45, 2.75) is 84.5 Å². The summed E-state index contributed by atoms with van der Waals surface area (Å²) in [5, 5.41) is 0. The molecule has 0 unspecified atom stereocenters. The minimum atomic E-state index is 0. The number of hydrogen-bond acceptors (Lipinski definition) is 0. The van der Waals surface area contributed by atoms with Gasteiger partial charge in [-0.25, -0.2) is 0 Å². The molecule has 0 spiro atoms. The first-order valence-corrected chi connectivity index (χ1v) is 6.83. The third-order valence-corrected chi connectivity index (χ3v) is 4.04. The molecule has 1 saturated carbocycles. The Morgan fingerprint density at radius 1 is 0.867 bits per heavy atom. The quantitative estimate of drug-likeness (QED) is 0.545. The molecule has 0 amide bonds. The van der Waals surface area contributed by atoms with E-state index in [-0.39, 0.29) is 25.9 Å². The van der Waals surface area contributed by atoms with E-state index >= 15 is 0 Å². The van der Waals surface area contributed by atoms with E-state index in [4.69, 9.17) is 0 Å². The summed E-state index contributed by atoms with van der Waals surface area (Å²) in [4.78, 5) is 0. The maximum atomic E-state index is 2.33. The fourth-order valence-electron chi connectivity index (χ4n) is 3.03. The Morgan fingerprint density at radius 3 is 1.73 bits per heavy atom. The zero-order chi connectivity index (χ0) is 10.3. The maximum Gasteiger partial charge on any atom is 2.00 e. The van der Waals surface area contributed by atoms with Crippen LogP contribution in [0.2, 0.25) is 0 Å². The van der Waals surface area contributed by atoms with Crippen LogP contribution in [0.15, 0.2) is 0 Å². The van der Waals surface area contributed by atoms with Crippen molar-refractivity contribution in [1.29, 1.82) is 0 Å². The second kappa shape index (κ2) is 8.87. The van der Waals surface area contributed by atoms with E-state index in [2.05, 4.69) is 13.8 Å². The molecule has 0 aromatic heterocycles. The second-order valence-electron chi connectivity index (χ2n) is 5.27. The molecule has 1 aliphatic carbocycles. The van der Waals surface area contributed by atoms with Gasteiger partial charge in [0.25, 0.3) is 0 Å². The van der Waals surface area contributed by atoms with Gasteiger partial charge < -0.3 is 2.85 Å². The van der Waals surface area contributed by atoms with Gasteiger partial charge in [-0.15, -0.1) is 0 Å². The first kappa shape index (κ1) is 15.8. The van der Waals surface area contributed by atoms with Gasteiger partial charge in [-0.3, -0.25) is 0 Å². The van der Waals surface area contributed by atoms with Crippen LogP contribution < -0.4 is 0 Å². The van der Waals surface area contributed by atoms with Gasteiger partial charge in [0.2, 0.25) is 0 Å². The topological polar surface area (TPSA) is 0 Å². The van der Waals surface area contributed by atoms with Crippen molar-refractivity contribution in [3.05, 3.63) is 0 Å². The van der Waals surface area contributed by atoms with Gasteiger partial charge in [0.1, 0.15) is 0 Å². The van der Waals surface area contributed by atoms with E-state index in [9.17, 15) is 0 Å². The Kier molecular flexibility index (Phi) is 9.32. The van der Waals surface area contributed by atoms with Gasteiger partial charge in [-0.05, 0) is 31.1 Å². The van der Waals surface area contributed by atoms with E-state index in [1.54, 1.807) is 0 Å². The summed E-state index contributed by atoms with van der Waals surface area (Å²) in [5.41, 5.74) is 0.782. The summed E-state index contributed by atoms with van der Waals surface area (Å²) >= 11 is 0. The van der Waals surface area contributed by atoms with Crippen molar-refractivity contribution in [1.82, 2.24) is 0 Å². The Morgan fingerprint density at radius 2 is 1.33 bits per heavy atom. The van der Waals surface area contributed by atoms with Gasteiger partial charge in [0.05, 0.1) is 0 Å². The van der Waals surface area contributed by atoms with Crippen molar-refractivity contribution in [3.8, 4) is 0 Å². The van der Waals surface area contributed by atoms with E-state index in [0.29, 0.717) is 0 Å². The molecule has 0 radical (unpaired) electrons. The molecule has 0 saturated heterocycles. The van der Waals surface area contributed by atoms with Crippen molar-refractivity contribution in [2.75, 3.05) is 0 Å². The Bertz CT molecular complexity index is 135. The molecule has 88 valence electrons. The molecular weight excluding hydrogens is 192 g/mol. The fourth-order valence-corrected chi connectivity index (χ4v) is 3.03. The first-order valence-electron chi connectivity index (χ1n) is 6.83. The molecule has 0 N–H and O–H groups in total. The van der Waals surface area contributed by atoms with Crippen molar-refractivity contribution >= 4 is 23.1 Å².